The maximum absolute atomic E-state index is 5.28. The molecule has 3 nitrogen and oxygen atoms in total. The monoisotopic (exact) mass is 319 g/mol. The Morgan fingerprint density at radius 1 is 1.04 bits per heavy atom. The van der Waals surface area contributed by atoms with Crippen molar-refractivity contribution in [3.8, 4) is 17.0 Å². The summed E-state index contributed by atoms with van der Waals surface area (Å²) in [6.07, 6.45) is 5.80. The number of benzene rings is 2. The molecule has 1 aromatic heterocycles. The number of imidazole rings is 1. The number of rotatable bonds is 5. The molecule has 3 aromatic rings. The Labute approximate surface area is 143 Å². The zero-order valence-corrected chi connectivity index (χ0v) is 14.1. The van der Waals surface area contributed by atoms with Gasteiger partial charge in [0.1, 0.15) is 11.9 Å². The van der Waals surface area contributed by atoms with Gasteiger partial charge in [-0.3, -0.25) is 0 Å². The van der Waals surface area contributed by atoms with E-state index in [2.05, 4.69) is 57.8 Å². The lowest BCUT2D eigenvalue weighted by molar-refractivity contribution is -0.702. The number of aromatic nitrogens is 2. The van der Waals surface area contributed by atoms with Crippen molar-refractivity contribution in [2.45, 2.75) is 32.4 Å². The van der Waals surface area contributed by atoms with E-state index in [4.69, 9.17) is 4.74 Å². The Bertz CT molecular complexity index is 819. The van der Waals surface area contributed by atoms with E-state index >= 15 is 0 Å². The summed E-state index contributed by atoms with van der Waals surface area (Å²) in [5, 5.41) is 0. The molecule has 0 saturated carbocycles. The third-order valence-electron chi connectivity index (χ3n) is 4.86. The average Bonchev–Trinajstić information content (AvgIpc) is 3.24. The molecule has 3 heteroatoms. The molecule has 0 amide bonds. The van der Waals surface area contributed by atoms with E-state index in [-0.39, 0.29) is 0 Å². The standard InChI is InChI=1S/C21H23N2O/c1-24-19-11-9-18(10-12-19)20-16-22(21-8-5-14-23(20)21)15-13-17-6-3-2-4-7-17/h2-4,6-7,9-12,16H,5,8,13-15H2,1H3/q+1. The van der Waals surface area contributed by atoms with Crippen molar-refractivity contribution in [3.63, 3.8) is 0 Å². The minimum Gasteiger partial charge on any atom is -0.497 e. The van der Waals surface area contributed by atoms with E-state index in [1.54, 1.807) is 7.11 Å². The summed E-state index contributed by atoms with van der Waals surface area (Å²) in [7, 11) is 1.71. The lowest BCUT2D eigenvalue weighted by Gasteiger charge is -2.01. The van der Waals surface area contributed by atoms with Gasteiger partial charge in [-0.05, 0) is 36.2 Å². The lowest BCUT2D eigenvalue weighted by atomic mass is 10.1. The summed E-state index contributed by atoms with van der Waals surface area (Å²) in [6, 6.07) is 19.1. The van der Waals surface area contributed by atoms with Crippen molar-refractivity contribution >= 4 is 0 Å². The molecule has 0 N–H and O–H groups in total. The number of ether oxygens (including phenoxy) is 1. The molecule has 0 saturated heterocycles. The predicted molar refractivity (Wildman–Crippen MR) is 95.1 cm³/mol. The summed E-state index contributed by atoms with van der Waals surface area (Å²) in [5.41, 5.74) is 3.98. The van der Waals surface area contributed by atoms with Crippen LogP contribution < -0.4 is 9.30 Å². The Kier molecular flexibility index (Phi) is 4.08. The minimum absolute atomic E-state index is 0.906. The maximum Gasteiger partial charge on any atom is 0.257 e. The molecule has 0 unspecified atom stereocenters. The van der Waals surface area contributed by atoms with Crippen molar-refractivity contribution in [2.75, 3.05) is 7.11 Å². The highest BCUT2D eigenvalue weighted by Crippen LogP contribution is 2.26. The van der Waals surface area contributed by atoms with Crippen LogP contribution in [0.3, 0.4) is 0 Å². The first-order chi connectivity index (χ1) is 11.8. The fraction of sp³-hybridized carbons (Fsp3) is 0.286. The lowest BCUT2D eigenvalue weighted by Crippen LogP contribution is -2.37. The van der Waals surface area contributed by atoms with E-state index < -0.39 is 0 Å². The number of methoxy groups -OCH3 is 1. The molecule has 1 aliphatic rings. The van der Waals surface area contributed by atoms with Crippen molar-refractivity contribution in [3.05, 3.63) is 72.2 Å². The summed E-state index contributed by atoms with van der Waals surface area (Å²) >= 11 is 0. The van der Waals surface area contributed by atoms with Gasteiger partial charge in [0.25, 0.3) is 5.82 Å². The summed E-state index contributed by atoms with van der Waals surface area (Å²) in [4.78, 5) is 0. The smallest absolute Gasteiger partial charge is 0.257 e. The Morgan fingerprint density at radius 2 is 1.83 bits per heavy atom. The van der Waals surface area contributed by atoms with Gasteiger partial charge in [-0.15, -0.1) is 0 Å². The number of hydrogen-bond donors (Lipinski definition) is 0. The van der Waals surface area contributed by atoms with E-state index in [9.17, 15) is 0 Å². The Morgan fingerprint density at radius 3 is 2.58 bits per heavy atom. The number of hydrogen-bond acceptors (Lipinski definition) is 1. The fourth-order valence-corrected chi connectivity index (χ4v) is 3.59. The number of aryl methyl sites for hydroxylation is 2. The van der Waals surface area contributed by atoms with Crippen LogP contribution in [0.25, 0.3) is 11.3 Å². The highest BCUT2D eigenvalue weighted by molar-refractivity contribution is 5.59. The quantitative estimate of drug-likeness (QED) is 0.657. The SMILES string of the molecule is COc1ccc(-c2c[n+](CCc3ccccc3)c3n2CCC3)cc1. The molecule has 0 radical (unpaired) electrons. The third kappa shape index (κ3) is 2.82. The normalized spacial score (nSPS) is 13.0. The second kappa shape index (κ2) is 6.52. The van der Waals surface area contributed by atoms with Crippen LogP contribution in [-0.2, 0) is 25.9 Å². The van der Waals surface area contributed by atoms with Crippen LogP contribution in [-0.4, -0.2) is 11.7 Å². The molecule has 0 aliphatic carbocycles. The molecule has 2 heterocycles. The number of fused-ring (bicyclic) bond motifs is 1. The Balaban J connectivity index is 1.62. The zero-order valence-electron chi connectivity index (χ0n) is 14.1. The molecule has 0 bridgehead atoms. The van der Waals surface area contributed by atoms with Gasteiger partial charge in [-0.25, -0.2) is 9.13 Å². The second-order valence-electron chi connectivity index (χ2n) is 6.34. The van der Waals surface area contributed by atoms with Gasteiger partial charge >= 0.3 is 0 Å². The molecule has 24 heavy (non-hydrogen) atoms. The molecule has 0 fully saturated rings. The van der Waals surface area contributed by atoms with Crippen LogP contribution in [0.5, 0.6) is 5.75 Å². The summed E-state index contributed by atoms with van der Waals surface area (Å²) in [6.45, 7) is 2.16. The predicted octanol–water partition coefficient (Wildman–Crippen LogP) is 3.64. The minimum atomic E-state index is 0.906. The second-order valence-corrected chi connectivity index (χ2v) is 6.34. The topological polar surface area (TPSA) is 18.0 Å². The van der Waals surface area contributed by atoms with Gasteiger partial charge in [-0.2, -0.15) is 0 Å². The maximum atomic E-state index is 5.28. The summed E-state index contributed by atoms with van der Waals surface area (Å²) in [5.74, 6) is 2.36. The van der Waals surface area contributed by atoms with Crippen molar-refractivity contribution in [2.24, 2.45) is 0 Å². The first kappa shape index (κ1) is 15.0. The van der Waals surface area contributed by atoms with Crippen molar-refractivity contribution in [1.82, 2.24) is 4.57 Å². The van der Waals surface area contributed by atoms with Crippen molar-refractivity contribution < 1.29 is 9.30 Å². The molecule has 0 spiro atoms. The molecular weight excluding hydrogens is 296 g/mol. The van der Waals surface area contributed by atoms with Crippen molar-refractivity contribution in [1.29, 1.82) is 0 Å². The molecule has 0 atom stereocenters. The first-order valence-electron chi connectivity index (χ1n) is 8.65. The molecule has 1 aliphatic heterocycles. The first-order valence-corrected chi connectivity index (χ1v) is 8.65. The van der Waals surface area contributed by atoms with Crippen LogP contribution in [0, 0.1) is 0 Å². The van der Waals surface area contributed by atoms with E-state index in [0.717, 1.165) is 25.3 Å². The van der Waals surface area contributed by atoms with Gasteiger partial charge < -0.3 is 4.74 Å². The van der Waals surface area contributed by atoms with Gasteiger partial charge in [0.2, 0.25) is 0 Å². The zero-order chi connectivity index (χ0) is 16.4. The van der Waals surface area contributed by atoms with Gasteiger partial charge in [-0.1, -0.05) is 30.3 Å². The highest BCUT2D eigenvalue weighted by atomic mass is 16.5. The largest absolute Gasteiger partial charge is 0.497 e. The molecular formula is C21H23N2O+. The Hall–Kier alpha value is -2.55. The van der Waals surface area contributed by atoms with Gasteiger partial charge in [0, 0.05) is 12.0 Å². The van der Waals surface area contributed by atoms with Crippen LogP contribution in [0.4, 0.5) is 0 Å². The average molecular weight is 319 g/mol. The number of nitrogens with zero attached hydrogens (tertiary/aromatic N) is 2. The van der Waals surface area contributed by atoms with E-state index in [0.29, 0.717) is 0 Å². The van der Waals surface area contributed by atoms with Crippen LogP contribution >= 0.6 is 0 Å². The molecule has 122 valence electrons. The van der Waals surface area contributed by atoms with Crippen LogP contribution in [0.1, 0.15) is 17.8 Å². The third-order valence-corrected chi connectivity index (χ3v) is 4.86. The summed E-state index contributed by atoms with van der Waals surface area (Å²) < 4.78 is 10.2. The van der Waals surface area contributed by atoms with E-state index in [1.807, 2.05) is 12.1 Å². The van der Waals surface area contributed by atoms with E-state index in [1.165, 1.54) is 35.5 Å². The fourth-order valence-electron chi connectivity index (χ4n) is 3.59. The van der Waals surface area contributed by atoms with Gasteiger partial charge in [0.15, 0.2) is 5.69 Å². The van der Waals surface area contributed by atoms with Crippen LogP contribution in [0.2, 0.25) is 0 Å². The van der Waals surface area contributed by atoms with Gasteiger partial charge in [0.05, 0.1) is 26.6 Å². The molecule has 2 aromatic carbocycles. The highest BCUT2D eigenvalue weighted by Gasteiger charge is 2.28. The molecule has 4 rings (SSSR count). The van der Waals surface area contributed by atoms with Crippen LogP contribution in [0.15, 0.2) is 60.8 Å².